The van der Waals surface area contributed by atoms with Gasteiger partial charge >= 0.3 is 0 Å². The highest BCUT2D eigenvalue weighted by atomic mass is 79.9. The first-order valence-corrected chi connectivity index (χ1v) is 7.26. The van der Waals surface area contributed by atoms with Crippen LogP contribution in [0, 0.1) is 0 Å². The molecule has 0 bridgehead atoms. The van der Waals surface area contributed by atoms with Crippen LogP contribution in [-0.2, 0) is 6.54 Å². The molecule has 1 atom stereocenters. The number of hydrogen-bond donors (Lipinski definition) is 2. The lowest BCUT2D eigenvalue weighted by Gasteiger charge is -2.22. The van der Waals surface area contributed by atoms with Crippen molar-refractivity contribution < 1.29 is 5.11 Å². The Balaban J connectivity index is 2.35. The number of nitrogens with one attached hydrogen (secondary N) is 1. The normalized spacial score (nSPS) is 14.8. The molecule has 16 heavy (non-hydrogen) atoms. The lowest BCUT2D eigenvalue weighted by molar-refractivity contribution is 0.0845. The fourth-order valence-corrected chi connectivity index (χ4v) is 2.47. The Morgan fingerprint density at radius 1 is 1.56 bits per heavy atom. The van der Waals surface area contributed by atoms with Gasteiger partial charge in [0.2, 0.25) is 0 Å². The van der Waals surface area contributed by atoms with Crippen LogP contribution < -0.4 is 5.32 Å². The molecule has 5 heteroatoms. The van der Waals surface area contributed by atoms with Crippen molar-refractivity contribution in [1.29, 1.82) is 0 Å². The zero-order chi connectivity index (χ0) is 12.0. The van der Waals surface area contributed by atoms with Gasteiger partial charge in [0.15, 0.2) is 0 Å². The molecule has 0 radical (unpaired) electrons. The first-order valence-electron chi connectivity index (χ1n) is 5.07. The molecule has 0 aliphatic rings. The molecule has 1 heterocycles. The van der Waals surface area contributed by atoms with Gasteiger partial charge in [-0.2, -0.15) is 11.8 Å². The minimum atomic E-state index is -0.661. The van der Waals surface area contributed by atoms with E-state index in [9.17, 15) is 5.11 Å². The molecule has 1 rings (SSSR count). The Bertz CT molecular complexity index is 334. The number of hydrogen-bond acceptors (Lipinski definition) is 4. The van der Waals surface area contributed by atoms with E-state index in [0.717, 1.165) is 16.0 Å². The first kappa shape index (κ1) is 14.0. The van der Waals surface area contributed by atoms with Gasteiger partial charge in [0, 0.05) is 18.8 Å². The van der Waals surface area contributed by atoms with Gasteiger partial charge < -0.3 is 10.4 Å². The van der Waals surface area contributed by atoms with Crippen LogP contribution in [0.1, 0.15) is 12.6 Å². The van der Waals surface area contributed by atoms with Gasteiger partial charge in [-0.3, -0.25) is 0 Å². The molecule has 0 saturated heterocycles. The molecule has 90 valence electrons. The molecule has 1 unspecified atom stereocenters. The van der Waals surface area contributed by atoms with E-state index in [1.54, 1.807) is 11.8 Å². The average molecular weight is 305 g/mol. The molecule has 0 aliphatic carbocycles. The second kappa shape index (κ2) is 6.59. The van der Waals surface area contributed by atoms with Crippen molar-refractivity contribution in [2.75, 3.05) is 18.6 Å². The molecule has 0 fully saturated rings. The number of pyridine rings is 1. The summed E-state index contributed by atoms with van der Waals surface area (Å²) in [5.74, 6) is 0.728. The molecule has 3 nitrogen and oxygen atoms in total. The summed E-state index contributed by atoms with van der Waals surface area (Å²) in [6, 6.07) is 5.81. The zero-order valence-corrected chi connectivity index (χ0v) is 11.9. The van der Waals surface area contributed by atoms with Crippen molar-refractivity contribution in [1.82, 2.24) is 10.3 Å². The maximum Gasteiger partial charge on any atom is 0.106 e. The maximum atomic E-state index is 9.93. The minimum absolute atomic E-state index is 0.571. The van der Waals surface area contributed by atoms with Crippen LogP contribution in [0.3, 0.4) is 0 Å². The molecular formula is C11H17BrN2OS. The zero-order valence-electron chi connectivity index (χ0n) is 9.53. The van der Waals surface area contributed by atoms with Crippen LogP contribution in [0.15, 0.2) is 22.8 Å². The van der Waals surface area contributed by atoms with Crippen molar-refractivity contribution in [3.63, 3.8) is 0 Å². The number of aromatic nitrogens is 1. The minimum Gasteiger partial charge on any atom is -0.388 e. The van der Waals surface area contributed by atoms with E-state index in [-0.39, 0.29) is 0 Å². The Hall–Kier alpha value is -0.100. The third kappa shape index (κ3) is 5.30. The summed E-state index contributed by atoms with van der Waals surface area (Å²) in [6.45, 7) is 3.08. The fourth-order valence-electron chi connectivity index (χ4n) is 1.37. The van der Waals surface area contributed by atoms with E-state index in [4.69, 9.17) is 0 Å². The summed E-state index contributed by atoms with van der Waals surface area (Å²) >= 11 is 4.97. The van der Waals surface area contributed by atoms with Crippen molar-refractivity contribution in [3.05, 3.63) is 28.5 Å². The topological polar surface area (TPSA) is 45.1 Å². The summed E-state index contributed by atoms with van der Waals surface area (Å²) in [5.41, 5.74) is 0.306. The third-order valence-corrected chi connectivity index (χ3v) is 3.39. The number of thioether (sulfide) groups is 1. The van der Waals surface area contributed by atoms with Crippen LogP contribution in [0.5, 0.6) is 0 Å². The van der Waals surface area contributed by atoms with Gasteiger partial charge in [-0.1, -0.05) is 6.07 Å². The SMILES string of the molecule is CSCC(C)(O)CNCc1cccc(Br)n1. The van der Waals surface area contributed by atoms with Crippen LogP contribution in [-0.4, -0.2) is 34.2 Å². The fraction of sp³-hybridized carbons (Fsp3) is 0.545. The van der Waals surface area contributed by atoms with E-state index < -0.39 is 5.60 Å². The number of nitrogens with zero attached hydrogens (tertiary/aromatic N) is 1. The Labute approximate surface area is 109 Å². The van der Waals surface area contributed by atoms with Crippen molar-refractivity contribution in [2.45, 2.75) is 19.1 Å². The smallest absolute Gasteiger partial charge is 0.106 e. The van der Waals surface area contributed by atoms with E-state index in [2.05, 4.69) is 26.2 Å². The van der Waals surface area contributed by atoms with E-state index in [1.165, 1.54) is 0 Å². The van der Waals surface area contributed by atoms with Gasteiger partial charge in [0.05, 0.1) is 11.3 Å². The van der Waals surface area contributed by atoms with Crippen LogP contribution in [0.2, 0.25) is 0 Å². The highest BCUT2D eigenvalue weighted by Gasteiger charge is 2.18. The van der Waals surface area contributed by atoms with Crippen LogP contribution in [0.4, 0.5) is 0 Å². The predicted octanol–water partition coefficient (Wildman–Crippen LogP) is 2.05. The maximum absolute atomic E-state index is 9.93. The monoisotopic (exact) mass is 304 g/mol. The van der Waals surface area contributed by atoms with E-state index in [0.29, 0.717) is 13.1 Å². The Kier molecular flexibility index (Phi) is 5.75. The number of rotatable bonds is 6. The second-order valence-electron chi connectivity index (χ2n) is 3.99. The van der Waals surface area contributed by atoms with Crippen molar-refractivity contribution in [3.8, 4) is 0 Å². The number of halogens is 1. The molecule has 0 spiro atoms. The van der Waals surface area contributed by atoms with Gasteiger partial charge in [-0.15, -0.1) is 0 Å². The summed E-state index contributed by atoms with van der Waals surface area (Å²) in [7, 11) is 0. The predicted molar refractivity (Wildman–Crippen MR) is 72.6 cm³/mol. The second-order valence-corrected chi connectivity index (χ2v) is 5.66. The first-order chi connectivity index (χ1) is 7.53. The van der Waals surface area contributed by atoms with E-state index >= 15 is 0 Å². The lowest BCUT2D eigenvalue weighted by atomic mass is 10.1. The van der Waals surface area contributed by atoms with Gasteiger partial charge in [-0.05, 0) is 41.2 Å². The van der Waals surface area contributed by atoms with Gasteiger partial charge in [-0.25, -0.2) is 4.98 Å². The van der Waals surface area contributed by atoms with Crippen LogP contribution >= 0.6 is 27.7 Å². The van der Waals surface area contributed by atoms with Gasteiger partial charge in [0.1, 0.15) is 4.60 Å². The standard InChI is InChI=1S/C11H17BrN2OS/c1-11(15,8-16-2)7-13-6-9-4-3-5-10(12)14-9/h3-5,13,15H,6-8H2,1-2H3. The summed E-state index contributed by atoms with van der Waals surface area (Å²) < 4.78 is 0.836. The summed E-state index contributed by atoms with van der Waals surface area (Å²) in [5, 5.41) is 13.1. The quantitative estimate of drug-likeness (QED) is 0.790. The molecule has 0 amide bonds. The van der Waals surface area contributed by atoms with E-state index in [1.807, 2.05) is 31.4 Å². The molecule has 0 aliphatic heterocycles. The molecule has 0 saturated carbocycles. The Morgan fingerprint density at radius 2 is 2.31 bits per heavy atom. The van der Waals surface area contributed by atoms with Crippen molar-refractivity contribution >= 4 is 27.7 Å². The molecule has 1 aromatic heterocycles. The number of aliphatic hydroxyl groups is 1. The largest absolute Gasteiger partial charge is 0.388 e. The highest BCUT2D eigenvalue weighted by molar-refractivity contribution is 9.10. The van der Waals surface area contributed by atoms with Crippen molar-refractivity contribution in [2.24, 2.45) is 0 Å². The molecule has 1 aromatic rings. The summed E-state index contributed by atoms with van der Waals surface area (Å²) in [6.07, 6.45) is 1.99. The molecule has 0 aromatic carbocycles. The average Bonchev–Trinajstić information content (AvgIpc) is 2.17. The molecular weight excluding hydrogens is 288 g/mol. The summed E-state index contributed by atoms with van der Waals surface area (Å²) in [4.78, 5) is 4.31. The Morgan fingerprint density at radius 3 is 2.94 bits per heavy atom. The lowest BCUT2D eigenvalue weighted by Crippen LogP contribution is -2.39. The van der Waals surface area contributed by atoms with Crippen LogP contribution in [0.25, 0.3) is 0 Å². The highest BCUT2D eigenvalue weighted by Crippen LogP contribution is 2.10. The third-order valence-electron chi connectivity index (χ3n) is 2.04. The van der Waals surface area contributed by atoms with Gasteiger partial charge in [0.25, 0.3) is 0 Å². The molecule has 2 N–H and O–H groups in total.